The predicted octanol–water partition coefficient (Wildman–Crippen LogP) is 4.86. The molecule has 3 rings (SSSR count). The third-order valence-corrected chi connectivity index (χ3v) is 4.70. The van der Waals surface area contributed by atoms with Gasteiger partial charge >= 0.3 is 12.1 Å². The molecule has 2 heterocycles. The van der Waals surface area contributed by atoms with Crippen LogP contribution in [0.25, 0.3) is 5.82 Å². The van der Waals surface area contributed by atoms with E-state index in [1.54, 1.807) is 6.92 Å². The average Bonchev–Trinajstić information content (AvgIpc) is 3.17. The van der Waals surface area contributed by atoms with Crippen LogP contribution in [0.4, 0.5) is 18.9 Å². The van der Waals surface area contributed by atoms with Gasteiger partial charge in [-0.15, -0.1) is 5.10 Å². The van der Waals surface area contributed by atoms with Gasteiger partial charge in [-0.1, -0.05) is 23.2 Å². The number of methoxy groups -OCH3 is 1. The lowest BCUT2D eigenvalue weighted by molar-refractivity contribution is -0.154. The Morgan fingerprint density at radius 2 is 1.94 bits per heavy atom. The van der Waals surface area contributed by atoms with Gasteiger partial charge in [0.25, 0.3) is 5.91 Å². The van der Waals surface area contributed by atoms with Crippen LogP contribution >= 0.6 is 23.2 Å². The van der Waals surface area contributed by atoms with Crippen LogP contribution in [0, 0.1) is 6.92 Å². The number of alkyl halides is 3. The first kappa shape index (κ1) is 24.3. The normalized spacial score (nSPS) is 11.2. The highest BCUT2D eigenvalue weighted by Gasteiger charge is 2.30. The molecule has 33 heavy (non-hydrogen) atoms. The number of rotatable bonds is 6. The molecule has 13 heteroatoms. The number of ether oxygens (including phenoxy) is 2. The maximum absolute atomic E-state index is 13.1. The lowest BCUT2D eigenvalue weighted by Gasteiger charge is -2.14. The van der Waals surface area contributed by atoms with E-state index in [9.17, 15) is 22.8 Å². The smallest absolute Gasteiger partial charge is 0.422 e. The fraction of sp³-hybridized carbons (Fsp3) is 0.200. The van der Waals surface area contributed by atoms with E-state index in [2.05, 4.69) is 20.1 Å². The number of nitrogens with one attached hydrogen (secondary N) is 1. The standard InChI is InChI=1S/C20H15Cl2F3N4O4/c1-10-6-11(21)7-12(19(31)32-2)16(10)27-18(30)14-8-15(33-9-20(23,24)25)28-29(14)17-13(22)4-3-5-26-17/h3-8H,9H2,1-2H3,(H,27,30). The number of aromatic nitrogens is 3. The summed E-state index contributed by atoms with van der Waals surface area (Å²) in [5.41, 5.74) is 0.255. The first-order valence-electron chi connectivity index (χ1n) is 9.10. The summed E-state index contributed by atoms with van der Waals surface area (Å²) in [5.74, 6) is -2.10. The first-order valence-corrected chi connectivity index (χ1v) is 9.86. The van der Waals surface area contributed by atoms with Crippen molar-refractivity contribution in [3.63, 3.8) is 0 Å². The topological polar surface area (TPSA) is 95.3 Å². The second kappa shape index (κ2) is 9.67. The number of aryl methyl sites for hydroxylation is 1. The number of amides is 1. The van der Waals surface area contributed by atoms with Gasteiger partial charge < -0.3 is 14.8 Å². The molecule has 8 nitrogen and oxygen atoms in total. The molecule has 0 saturated heterocycles. The molecule has 0 fully saturated rings. The van der Waals surface area contributed by atoms with Gasteiger partial charge in [0.1, 0.15) is 5.69 Å². The zero-order chi connectivity index (χ0) is 24.3. The van der Waals surface area contributed by atoms with Crippen molar-refractivity contribution in [1.82, 2.24) is 14.8 Å². The van der Waals surface area contributed by atoms with Crippen LogP contribution in [0.1, 0.15) is 26.4 Å². The number of hydrogen-bond donors (Lipinski definition) is 1. The van der Waals surface area contributed by atoms with Crippen molar-refractivity contribution in [2.24, 2.45) is 0 Å². The van der Waals surface area contributed by atoms with E-state index >= 15 is 0 Å². The van der Waals surface area contributed by atoms with Gasteiger partial charge in [-0.2, -0.15) is 13.2 Å². The summed E-state index contributed by atoms with van der Waals surface area (Å²) in [4.78, 5) is 29.3. The van der Waals surface area contributed by atoms with Crippen molar-refractivity contribution in [3.8, 4) is 11.7 Å². The highest BCUT2D eigenvalue weighted by atomic mass is 35.5. The van der Waals surface area contributed by atoms with Crippen LogP contribution in [-0.4, -0.2) is 46.5 Å². The van der Waals surface area contributed by atoms with Crippen molar-refractivity contribution < 1.29 is 32.2 Å². The van der Waals surface area contributed by atoms with Crippen LogP contribution in [0.5, 0.6) is 5.88 Å². The summed E-state index contributed by atoms with van der Waals surface area (Å²) < 4.78 is 48.1. The molecule has 3 aromatic rings. The molecular weight excluding hydrogens is 488 g/mol. The number of esters is 1. The summed E-state index contributed by atoms with van der Waals surface area (Å²) in [6, 6.07) is 6.79. The zero-order valence-corrected chi connectivity index (χ0v) is 18.5. The molecule has 0 spiro atoms. The number of anilines is 1. The van der Waals surface area contributed by atoms with Crippen molar-refractivity contribution >= 4 is 40.8 Å². The quantitative estimate of drug-likeness (QED) is 0.483. The van der Waals surface area contributed by atoms with Crippen LogP contribution in [0.2, 0.25) is 10.0 Å². The Kier molecular flexibility index (Phi) is 7.13. The summed E-state index contributed by atoms with van der Waals surface area (Å²) >= 11 is 12.1. The van der Waals surface area contributed by atoms with E-state index in [1.165, 1.54) is 30.5 Å². The summed E-state index contributed by atoms with van der Waals surface area (Å²) in [6.45, 7) is -0.0253. The van der Waals surface area contributed by atoms with E-state index in [4.69, 9.17) is 27.9 Å². The van der Waals surface area contributed by atoms with E-state index in [0.29, 0.717) is 5.56 Å². The molecule has 0 unspecified atom stereocenters. The summed E-state index contributed by atoms with van der Waals surface area (Å²) in [5, 5.41) is 6.75. The van der Waals surface area contributed by atoms with Crippen molar-refractivity contribution in [2.45, 2.75) is 13.1 Å². The fourth-order valence-corrected chi connectivity index (χ4v) is 3.27. The van der Waals surface area contributed by atoms with Crippen LogP contribution in [0.3, 0.4) is 0 Å². The Hall–Kier alpha value is -3.31. The largest absolute Gasteiger partial charge is 0.467 e. The number of carbonyl (C=O) groups is 2. The Morgan fingerprint density at radius 1 is 1.21 bits per heavy atom. The fourth-order valence-electron chi connectivity index (χ4n) is 2.80. The van der Waals surface area contributed by atoms with E-state index in [1.807, 2.05) is 0 Å². The lowest BCUT2D eigenvalue weighted by Crippen LogP contribution is -2.20. The average molecular weight is 503 g/mol. The Balaban J connectivity index is 2.05. The first-order chi connectivity index (χ1) is 15.5. The van der Waals surface area contributed by atoms with Crippen molar-refractivity contribution in [2.75, 3.05) is 19.0 Å². The minimum absolute atomic E-state index is 0.0211. The molecule has 0 saturated carbocycles. The van der Waals surface area contributed by atoms with Crippen LogP contribution < -0.4 is 10.1 Å². The third kappa shape index (κ3) is 5.74. The van der Waals surface area contributed by atoms with E-state index in [-0.39, 0.29) is 32.8 Å². The molecule has 0 aliphatic carbocycles. The second-order valence-electron chi connectivity index (χ2n) is 6.58. The molecule has 2 aromatic heterocycles. The van der Waals surface area contributed by atoms with E-state index in [0.717, 1.165) is 17.9 Å². The van der Waals surface area contributed by atoms with Gasteiger partial charge in [0.2, 0.25) is 5.88 Å². The Labute approximate surface area is 195 Å². The second-order valence-corrected chi connectivity index (χ2v) is 7.43. The van der Waals surface area contributed by atoms with Crippen LogP contribution in [0.15, 0.2) is 36.5 Å². The Morgan fingerprint density at radius 3 is 2.58 bits per heavy atom. The number of nitrogens with zero attached hydrogens (tertiary/aromatic N) is 3. The highest BCUT2D eigenvalue weighted by Crippen LogP contribution is 2.28. The third-order valence-electron chi connectivity index (χ3n) is 4.19. The summed E-state index contributed by atoms with van der Waals surface area (Å²) in [6.07, 6.45) is -3.26. The summed E-state index contributed by atoms with van der Waals surface area (Å²) in [7, 11) is 1.16. The number of carbonyl (C=O) groups excluding carboxylic acids is 2. The van der Waals surface area contributed by atoms with Gasteiger partial charge in [0, 0.05) is 17.3 Å². The number of benzene rings is 1. The van der Waals surface area contributed by atoms with Crippen LogP contribution in [-0.2, 0) is 4.74 Å². The molecule has 0 aliphatic rings. The monoisotopic (exact) mass is 502 g/mol. The molecule has 0 aliphatic heterocycles. The molecule has 1 N–H and O–H groups in total. The molecule has 1 aromatic carbocycles. The van der Waals surface area contributed by atoms with Gasteiger partial charge in [0.05, 0.1) is 23.4 Å². The Bertz CT molecular complexity index is 1210. The maximum atomic E-state index is 13.1. The van der Waals surface area contributed by atoms with Gasteiger partial charge in [0.15, 0.2) is 12.4 Å². The molecule has 0 radical (unpaired) electrons. The minimum Gasteiger partial charge on any atom is -0.467 e. The number of pyridine rings is 1. The van der Waals surface area contributed by atoms with Gasteiger partial charge in [-0.05, 0) is 36.8 Å². The lowest BCUT2D eigenvalue weighted by atomic mass is 10.1. The minimum atomic E-state index is -4.62. The van der Waals surface area contributed by atoms with Crippen molar-refractivity contribution in [3.05, 3.63) is 63.4 Å². The zero-order valence-electron chi connectivity index (χ0n) is 17.0. The molecule has 174 valence electrons. The molecule has 1 amide bonds. The number of halogens is 5. The van der Waals surface area contributed by atoms with Gasteiger partial charge in [-0.3, -0.25) is 4.79 Å². The number of hydrogen-bond acceptors (Lipinski definition) is 6. The molecular formula is C20H15Cl2F3N4O4. The van der Waals surface area contributed by atoms with E-state index < -0.39 is 30.5 Å². The van der Waals surface area contributed by atoms with Crippen molar-refractivity contribution in [1.29, 1.82) is 0 Å². The maximum Gasteiger partial charge on any atom is 0.422 e. The predicted molar refractivity (Wildman–Crippen MR) is 113 cm³/mol. The molecule has 0 bridgehead atoms. The highest BCUT2D eigenvalue weighted by molar-refractivity contribution is 6.32. The SMILES string of the molecule is COC(=O)c1cc(Cl)cc(C)c1NC(=O)c1cc(OCC(F)(F)F)nn1-c1ncccc1Cl. The van der Waals surface area contributed by atoms with Gasteiger partial charge in [-0.25, -0.2) is 14.5 Å². The molecule has 0 atom stereocenters.